The van der Waals surface area contributed by atoms with E-state index in [0.717, 1.165) is 5.56 Å². The van der Waals surface area contributed by atoms with Crippen LogP contribution in [0.2, 0.25) is 0 Å². The Labute approximate surface area is 224 Å². The molecule has 0 bridgehead atoms. The van der Waals surface area contributed by atoms with Gasteiger partial charge in [0, 0.05) is 18.9 Å². The summed E-state index contributed by atoms with van der Waals surface area (Å²) in [6, 6.07) is 9.00. The Morgan fingerprint density at radius 1 is 1.03 bits per heavy atom. The van der Waals surface area contributed by atoms with Crippen LogP contribution in [-0.4, -0.2) is 54.7 Å². The summed E-state index contributed by atoms with van der Waals surface area (Å²) in [6.45, 7) is 10.6. The maximum absolute atomic E-state index is 13.4. The van der Waals surface area contributed by atoms with Crippen molar-refractivity contribution in [1.29, 1.82) is 0 Å². The minimum absolute atomic E-state index is 0.0241. The van der Waals surface area contributed by atoms with E-state index >= 15 is 0 Å². The lowest BCUT2D eigenvalue weighted by atomic mass is 9.93. The van der Waals surface area contributed by atoms with Crippen LogP contribution in [0.3, 0.4) is 0 Å². The molecule has 1 fully saturated rings. The molecule has 0 aromatic heterocycles. The van der Waals surface area contributed by atoms with E-state index < -0.39 is 47.4 Å². The van der Waals surface area contributed by atoms with Crippen LogP contribution in [0.15, 0.2) is 42.5 Å². The van der Waals surface area contributed by atoms with Crippen LogP contribution in [0.5, 0.6) is 0 Å². The first-order chi connectivity index (χ1) is 17.9. The van der Waals surface area contributed by atoms with Gasteiger partial charge >= 0.3 is 11.9 Å². The van der Waals surface area contributed by atoms with Crippen LogP contribution < -0.4 is 10.6 Å². The first kappa shape index (κ1) is 29.4. The van der Waals surface area contributed by atoms with Gasteiger partial charge in [0.15, 0.2) is 6.10 Å². The van der Waals surface area contributed by atoms with E-state index in [9.17, 15) is 19.2 Å². The molecular weight excluding hydrogens is 488 g/mol. The van der Waals surface area contributed by atoms with Gasteiger partial charge in [-0.05, 0) is 44.7 Å². The van der Waals surface area contributed by atoms with Crippen molar-refractivity contribution in [2.75, 3.05) is 6.54 Å². The third-order valence-corrected chi connectivity index (χ3v) is 6.87. The van der Waals surface area contributed by atoms with Crippen molar-refractivity contribution >= 4 is 23.8 Å². The Hall–Kier alpha value is -3.20. The molecule has 0 spiro atoms. The van der Waals surface area contributed by atoms with Gasteiger partial charge in [-0.2, -0.15) is 0 Å². The summed E-state index contributed by atoms with van der Waals surface area (Å²) in [5.41, 5.74) is -0.0662. The average Bonchev–Trinajstić information content (AvgIpc) is 3.66. The molecule has 2 aliphatic rings. The van der Waals surface area contributed by atoms with Gasteiger partial charge < -0.3 is 24.8 Å². The highest BCUT2D eigenvalue weighted by Crippen LogP contribution is 2.45. The van der Waals surface area contributed by atoms with Crippen LogP contribution in [0.4, 0.5) is 0 Å². The highest BCUT2D eigenvalue weighted by Gasteiger charge is 2.47. The number of nitrogens with one attached hydrogen (secondary N) is 2. The zero-order chi connectivity index (χ0) is 28.0. The van der Waals surface area contributed by atoms with Gasteiger partial charge in [0.25, 0.3) is 0 Å². The van der Waals surface area contributed by atoms with E-state index in [4.69, 9.17) is 14.2 Å². The molecule has 2 aliphatic heterocycles. The summed E-state index contributed by atoms with van der Waals surface area (Å²) < 4.78 is 17.6. The van der Waals surface area contributed by atoms with E-state index in [2.05, 4.69) is 10.6 Å². The molecule has 2 N–H and O–H groups in total. The topological polar surface area (TPSA) is 123 Å². The van der Waals surface area contributed by atoms with Crippen LogP contribution in [0.1, 0.15) is 66.1 Å². The number of epoxide rings is 1. The lowest BCUT2D eigenvalue weighted by Gasteiger charge is -2.29. The molecule has 9 heteroatoms. The monoisotopic (exact) mass is 528 g/mol. The fourth-order valence-electron chi connectivity index (χ4n) is 4.32. The smallest absolute Gasteiger partial charge is 0.347 e. The van der Waals surface area contributed by atoms with Crippen molar-refractivity contribution in [3.8, 4) is 0 Å². The molecule has 0 aliphatic carbocycles. The lowest BCUT2D eigenvalue weighted by Crippen LogP contribution is -2.49. The molecule has 6 atom stereocenters. The number of rotatable bonds is 5. The molecule has 3 unspecified atom stereocenters. The predicted molar refractivity (Wildman–Crippen MR) is 141 cm³/mol. The van der Waals surface area contributed by atoms with Gasteiger partial charge in [0.05, 0.1) is 11.5 Å². The second-order valence-electron chi connectivity index (χ2n) is 11.3. The van der Waals surface area contributed by atoms with Gasteiger partial charge in [-0.25, -0.2) is 4.79 Å². The molecule has 38 heavy (non-hydrogen) atoms. The molecule has 0 saturated carbocycles. The van der Waals surface area contributed by atoms with Crippen LogP contribution >= 0.6 is 0 Å². The second kappa shape index (κ2) is 12.6. The van der Waals surface area contributed by atoms with Gasteiger partial charge in [-0.3, -0.25) is 14.4 Å². The van der Waals surface area contributed by atoms with Crippen LogP contribution in [0.25, 0.3) is 0 Å². The number of ether oxygens (including phenoxy) is 3. The fraction of sp³-hybridized carbons (Fsp3) is 0.586. The number of carbonyl (C=O) groups excluding carboxylic acids is 4. The fourth-order valence-corrected chi connectivity index (χ4v) is 4.32. The molecule has 1 saturated heterocycles. The number of cyclic esters (lactones) is 2. The number of hydrogen-bond donors (Lipinski definition) is 2. The van der Waals surface area contributed by atoms with Gasteiger partial charge in [0.1, 0.15) is 18.2 Å². The molecular formula is C29H40N2O7. The number of amides is 2. The molecule has 0 radical (unpaired) electrons. The van der Waals surface area contributed by atoms with E-state index in [1.54, 1.807) is 26.8 Å². The zero-order valence-electron chi connectivity index (χ0n) is 23.1. The SMILES string of the molecule is CC(C)C[C@@H]1OC(=O)C(C)(C)CNC(=O)C(C)NC(=O)/C=C/C[C@@H]([C@H](C)C2OC2c2ccccc2)OC1=O. The van der Waals surface area contributed by atoms with Crippen molar-refractivity contribution in [3.05, 3.63) is 48.0 Å². The first-order valence-electron chi connectivity index (χ1n) is 13.3. The Kier molecular flexibility index (Phi) is 9.71. The zero-order valence-corrected chi connectivity index (χ0v) is 23.1. The third-order valence-electron chi connectivity index (χ3n) is 6.87. The van der Waals surface area contributed by atoms with Crippen LogP contribution in [0, 0.1) is 17.3 Å². The van der Waals surface area contributed by atoms with E-state index in [1.165, 1.54) is 6.08 Å². The van der Waals surface area contributed by atoms with Gasteiger partial charge in [0.2, 0.25) is 11.8 Å². The summed E-state index contributed by atoms with van der Waals surface area (Å²) in [5.74, 6) is -2.28. The Balaban J connectivity index is 1.86. The minimum atomic E-state index is -1.11. The van der Waals surface area contributed by atoms with Crippen molar-refractivity contribution in [3.63, 3.8) is 0 Å². The summed E-state index contributed by atoms with van der Waals surface area (Å²) in [5, 5.41) is 5.28. The molecule has 3 rings (SSSR count). The van der Waals surface area contributed by atoms with E-state index in [0.29, 0.717) is 0 Å². The van der Waals surface area contributed by atoms with Crippen molar-refractivity contribution in [2.24, 2.45) is 17.3 Å². The Morgan fingerprint density at radius 3 is 2.37 bits per heavy atom. The standard InChI is InChI=1S/C29H40N2O7/c1-17(2)15-22-27(34)36-21(18(3)24-25(38-24)20-11-8-7-9-12-20)13-10-14-23(32)31-19(4)26(33)30-16-29(5,6)28(35)37-22/h7-12,14,17-19,21-22,24-25H,13,15-16H2,1-6H3,(H,30,33)(H,31,32)/b14-10+/t18-,19?,21-,22-,24?,25?/m0/s1. The molecule has 9 nitrogen and oxygen atoms in total. The number of carbonyl (C=O) groups is 4. The quantitative estimate of drug-likeness (QED) is 0.444. The Morgan fingerprint density at radius 2 is 1.71 bits per heavy atom. The van der Waals surface area contributed by atoms with E-state index in [-0.39, 0.29) is 43.4 Å². The maximum atomic E-state index is 13.4. The molecule has 208 valence electrons. The second-order valence-corrected chi connectivity index (χ2v) is 11.3. The predicted octanol–water partition coefficient (Wildman–Crippen LogP) is 3.24. The summed E-state index contributed by atoms with van der Waals surface area (Å²) in [7, 11) is 0. The molecule has 1 aromatic rings. The third kappa shape index (κ3) is 7.90. The summed E-state index contributed by atoms with van der Waals surface area (Å²) in [6.07, 6.45) is 1.48. The minimum Gasteiger partial charge on any atom is -0.459 e. The largest absolute Gasteiger partial charge is 0.459 e. The molecule has 2 heterocycles. The highest BCUT2D eigenvalue weighted by molar-refractivity contribution is 5.93. The summed E-state index contributed by atoms with van der Waals surface area (Å²) in [4.78, 5) is 51.3. The molecule has 1 aromatic carbocycles. The van der Waals surface area contributed by atoms with Crippen molar-refractivity contribution in [2.45, 2.75) is 84.8 Å². The first-order valence-corrected chi connectivity index (χ1v) is 13.3. The number of esters is 2. The maximum Gasteiger partial charge on any atom is 0.347 e. The lowest BCUT2D eigenvalue weighted by molar-refractivity contribution is -0.179. The van der Waals surface area contributed by atoms with Crippen molar-refractivity contribution in [1.82, 2.24) is 10.6 Å². The normalized spacial score (nSPS) is 30.4. The average molecular weight is 529 g/mol. The van der Waals surface area contributed by atoms with Crippen LogP contribution in [-0.2, 0) is 33.4 Å². The number of hydrogen-bond acceptors (Lipinski definition) is 7. The summed E-state index contributed by atoms with van der Waals surface area (Å²) >= 11 is 0. The Bertz CT molecular complexity index is 1040. The van der Waals surface area contributed by atoms with Crippen molar-refractivity contribution < 1.29 is 33.4 Å². The van der Waals surface area contributed by atoms with E-state index in [1.807, 2.05) is 51.1 Å². The van der Waals surface area contributed by atoms with Gasteiger partial charge in [-0.15, -0.1) is 0 Å². The highest BCUT2D eigenvalue weighted by atomic mass is 16.6. The molecule has 2 amide bonds. The number of benzene rings is 1. The van der Waals surface area contributed by atoms with Gasteiger partial charge in [-0.1, -0.05) is 57.2 Å².